The Balaban J connectivity index is 2.44. The first-order valence-corrected chi connectivity index (χ1v) is 7.85. The molecule has 1 rings (SSSR count). The summed E-state index contributed by atoms with van der Waals surface area (Å²) in [5.41, 5.74) is 2.07. The number of nitrogens with zero attached hydrogens (tertiary/aromatic N) is 1. The number of nitrogens with one attached hydrogen (secondary N) is 1. The summed E-state index contributed by atoms with van der Waals surface area (Å²) in [5.74, 6) is 2.10. The van der Waals surface area contributed by atoms with Gasteiger partial charge in [-0.1, -0.05) is 27.7 Å². The van der Waals surface area contributed by atoms with Gasteiger partial charge in [0.15, 0.2) is 0 Å². The van der Waals surface area contributed by atoms with Crippen molar-refractivity contribution in [2.24, 2.45) is 11.8 Å². The Labute approximate surface area is 129 Å². The van der Waals surface area contributed by atoms with Crippen molar-refractivity contribution in [1.82, 2.24) is 10.3 Å². The van der Waals surface area contributed by atoms with Crippen LogP contribution in [0.25, 0.3) is 0 Å². The normalized spacial score (nSPS) is 11.4. The number of ether oxygens (including phenoxy) is 2. The Hall–Kier alpha value is -1.13. The molecule has 0 aliphatic heterocycles. The smallest absolute Gasteiger partial charge is 0.127 e. The molecule has 1 N–H and O–H groups in total. The van der Waals surface area contributed by atoms with E-state index in [0.717, 1.165) is 36.7 Å². The average Bonchev–Trinajstić information content (AvgIpc) is 2.40. The van der Waals surface area contributed by atoms with E-state index in [1.54, 1.807) is 0 Å². The van der Waals surface area contributed by atoms with Crippen molar-refractivity contribution in [2.45, 2.75) is 41.2 Å². The molecule has 0 amide bonds. The zero-order chi connectivity index (χ0) is 15.7. The second kappa shape index (κ2) is 9.74. The third-order valence-corrected chi connectivity index (χ3v) is 2.88. The zero-order valence-electron chi connectivity index (χ0n) is 14.1. The first-order chi connectivity index (χ1) is 9.99. The molecule has 120 valence electrons. The van der Waals surface area contributed by atoms with Crippen molar-refractivity contribution >= 4 is 0 Å². The maximum absolute atomic E-state index is 5.85. The highest BCUT2D eigenvalue weighted by molar-refractivity contribution is 5.32. The van der Waals surface area contributed by atoms with Crippen LogP contribution in [0.3, 0.4) is 0 Å². The minimum absolute atomic E-state index is 0.559. The molecule has 0 fully saturated rings. The topological polar surface area (TPSA) is 43.4 Å². The van der Waals surface area contributed by atoms with E-state index in [4.69, 9.17) is 9.47 Å². The molecule has 0 saturated carbocycles. The van der Waals surface area contributed by atoms with Crippen LogP contribution >= 0.6 is 0 Å². The van der Waals surface area contributed by atoms with Crippen LogP contribution in [0.5, 0.6) is 5.75 Å². The lowest BCUT2D eigenvalue weighted by Crippen LogP contribution is -2.20. The van der Waals surface area contributed by atoms with E-state index in [-0.39, 0.29) is 0 Å². The second-order valence-corrected chi connectivity index (χ2v) is 6.28. The molecular formula is C17H30N2O2. The van der Waals surface area contributed by atoms with Gasteiger partial charge >= 0.3 is 0 Å². The molecule has 21 heavy (non-hydrogen) atoms. The van der Waals surface area contributed by atoms with Gasteiger partial charge in [-0.2, -0.15) is 0 Å². The predicted octanol–water partition coefficient (Wildman–Crippen LogP) is 3.19. The fraction of sp³-hybridized carbons (Fsp3) is 0.706. The first kappa shape index (κ1) is 17.9. The fourth-order valence-corrected chi connectivity index (χ4v) is 1.86. The lowest BCUT2D eigenvalue weighted by atomic mass is 10.2. The number of rotatable bonds is 10. The van der Waals surface area contributed by atoms with Crippen LogP contribution in [-0.2, 0) is 11.3 Å². The van der Waals surface area contributed by atoms with Crippen LogP contribution in [0, 0.1) is 18.8 Å². The number of aryl methyl sites for hydroxylation is 1. The summed E-state index contributed by atoms with van der Waals surface area (Å²) in [5, 5.41) is 3.43. The Bertz CT molecular complexity index is 406. The largest absolute Gasteiger partial charge is 0.491 e. The molecule has 0 aliphatic rings. The molecule has 0 aliphatic carbocycles. The quantitative estimate of drug-likeness (QED) is 0.673. The van der Waals surface area contributed by atoms with Crippen LogP contribution in [0.15, 0.2) is 12.3 Å². The first-order valence-electron chi connectivity index (χ1n) is 7.85. The van der Waals surface area contributed by atoms with Gasteiger partial charge in [0.1, 0.15) is 12.4 Å². The van der Waals surface area contributed by atoms with E-state index in [0.29, 0.717) is 25.0 Å². The highest BCUT2D eigenvalue weighted by Gasteiger charge is 2.06. The van der Waals surface area contributed by atoms with Crippen LogP contribution < -0.4 is 10.1 Å². The SMILES string of the molecule is Cc1cc(OCCOCC(C)C)c(CNCC(C)C)cn1. The summed E-state index contributed by atoms with van der Waals surface area (Å²) in [4.78, 5) is 4.35. The van der Waals surface area contributed by atoms with Gasteiger partial charge in [-0.25, -0.2) is 0 Å². The minimum Gasteiger partial charge on any atom is -0.491 e. The lowest BCUT2D eigenvalue weighted by Gasteiger charge is -2.14. The van der Waals surface area contributed by atoms with Crippen molar-refractivity contribution in [2.75, 3.05) is 26.4 Å². The molecule has 0 atom stereocenters. The lowest BCUT2D eigenvalue weighted by molar-refractivity contribution is 0.0815. The van der Waals surface area contributed by atoms with Gasteiger partial charge < -0.3 is 14.8 Å². The third kappa shape index (κ3) is 8.02. The molecule has 4 nitrogen and oxygen atoms in total. The van der Waals surface area contributed by atoms with Gasteiger partial charge in [0.2, 0.25) is 0 Å². The van der Waals surface area contributed by atoms with Gasteiger partial charge in [0.25, 0.3) is 0 Å². The molecule has 0 unspecified atom stereocenters. The molecule has 0 radical (unpaired) electrons. The third-order valence-electron chi connectivity index (χ3n) is 2.88. The monoisotopic (exact) mass is 294 g/mol. The van der Waals surface area contributed by atoms with Gasteiger partial charge in [-0.05, 0) is 25.3 Å². The maximum atomic E-state index is 5.85. The van der Waals surface area contributed by atoms with E-state index >= 15 is 0 Å². The summed E-state index contributed by atoms with van der Waals surface area (Å²) in [7, 11) is 0. The summed E-state index contributed by atoms with van der Waals surface area (Å²) in [6, 6.07) is 1.99. The standard InChI is InChI=1S/C17H30N2O2/c1-13(2)9-18-10-16-11-19-15(5)8-17(16)21-7-6-20-12-14(3)4/h8,11,13-14,18H,6-7,9-10,12H2,1-5H3. The fourth-order valence-electron chi connectivity index (χ4n) is 1.86. The van der Waals surface area contributed by atoms with Crippen LogP contribution in [0.4, 0.5) is 0 Å². The predicted molar refractivity (Wildman–Crippen MR) is 86.7 cm³/mol. The van der Waals surface area contributed by atoms with Gasteiger partial charge in [0, 0.05) is 36.7 Å². The molecule has 1 aromatic heterocycles. The summed E-state index contributed by atoms with van der Waals surface area (Å²) < 4.78 is 11.4. The number of hydrogen-bond acceptors (Lipinski definition) is 4. The molecule has 0 bridgehead atoms. The van der Waals surface area contributed by atoms with Gasteiger partial charge in [-0.15, -0.1) is 0 Å². The molecule has 1 heterocycles. The number of pyridine rings is 1. The summed E-state index contributed by atoms with van der Waals surface area (Å²) >= 11 is 0. The molecule has 0 saturated heterocycles. The summed E-state index contributed by atoms with van der Waals surface area (Å²) in [6.07, 6.45) is 1.90. The molecular weight excluding hydrogens is 264 g/mol. The Kier molecular flexibility index (Phi) is 8.31. The number of hydrogen-bond donors (Lipinski definition) is 1. The van der Waals surface area contributed by atoms with Crippen LogP contribution in [0.1, 0.15) is 39.0 Å². The molecule has 4 heteroatoms. The van der Waals surface area contributed by atoms with Crippen molar-refractivity contribution in [3.8, 4) is 5.75 Å². The van der Waals surface area contributed by atoms with E-state index in [1.165, 1.54) is 0 Å². The van der Waals surface area contributed by atoms with Crippen molar-refractivity contribution in [3.05, 3.63) is 23.5 Å². The second-order valence-electron chi connectivity index (χ2n) is 6.28. The van der Waals surface area contributed by atoms with Gasteiger partial charge in [-0.3, -0.25) is 4.98 Å². The van der Waals surface area contributed by atoms with Gasteiger partial charge in [0.05, 0.1) is 6.61 Å². The van der Waals surface area contributed by atoms with Crippen molar-refractivity contribution in [3.63, 3.8) is 0 Å². The molecule has 0 spiro atoms. The van der Waals surface area contributed by atoms with Crippen LogP contribution in [0.2, 0.25) is 0 Å². The Morgan fingerprint density at radius 3 is 2.57 bits per heavy atom. The van der Waals surface area contributed by atoms with E-state index in [1.807, 2.05) is 19.2 Å². The minimum atomic E-state index is 0.559. The summed E-state index contributed by atoms with van der Waals surface area (Å²) in [6.45, 7) is 14.4. The van der Waals surface area contributed by atoms with E-state index < -0.39 is 0 Å². The average molecular weight is 294 g/mol. The molecule has 1 aromatic rings. The Morgan fingerprint density at radius 1 is 1.14 bits per heavy atom. The highest BCUT2D eigenvalue weighted by atomic mass is 16.5. The molecule has 0 aromatic carbocycles. The van der Waals surface area contributed by atoms with Crippen molar-refractivity contribution < 1.29 is 9.47 Å². The van der Waals surface area contributed by atoms with E-state index in [9.17, 15) is 0 Å². The highest BCUT2D eigenvalue weighted by Crippen LogP contribution is 2.18. The zero-order valence-corrected chi connectivity index (χ0v) is 14.1. The van der Waals surface area contributed by atoms with Crippen LogP contribution in [-0.4, -0.2) is 31.3 Å². The van der Waals surface area contributed by atoms with Crippen molar-refractivity contribution in [1.29, 1.82) is 0 Å². The maximum Gasteiger partial charge on any atom is 0.127 e. The number of aromatic nitrogens is 1. The Morgan fingerprint density at radius 2 is 1.90 bits per heavy atom. The van der Waals surface area contributed by atoms with E-state index in [2.05, 4.69) is 38.0 Å².